The summed E-state index contributed by atoms with van der Waals surface area (Å²) in [5.74, 6) is 0.0681. The molecule has 8 nitrogen and oxygen atoms in total. The highest BCUT2D eigenvalue weighted by atomic mass is 16.6. The molecule has 1 amide bonds. The van der Waals surface area contributed by atoms with E-state index in [2.05, 4.69) is 15.2 Å². The number of benzene rings is 1. The number of carbonyl (C=O) groups excluding carboxylic acids is 1. The highest BCUT2D eigenvalue weighted by molar-refractivity contribution is 5.77. The minimum absolute atomic E-state index is 0.0214. The molecule has 3 rings (SSSR count). The van der Waals surface area contributed by atoms with Gasteiger partial charge in [0.1, 0.15) is 5.69 Å². The zero-order valence-corrected chi connectivity index (χ0v) is 15.1. The fourth-order valence-electron chi connectivity index (χ4n) is 3.12. The lowest BCUT2D eigenvalue weighted by Crippen LogP contribution is -2.48. The molecule has 0 saturated carbocycles. The van der Waals surface area contributed by atoms with Crippen molar-refractivity contribution in [2.24, 2.45) is 0 Å². The van der Waals surface area contributed by atoms with Gasteiger partial charge >= 0.3 is 0 Å². The molecule has 1 fully saturated rings. The quantitative estimate of drug-likeness (QED) is 0.594. The Balaban J connectivity index is 1.42. The second kappa shape index (κ2) is 9.09. The molecule has 142 valence electrons. The maximum absolute atomic E-state index is 12.4. The lowest BCUT2D eigenvalue weighted by atomic mass is 10.2. The maximum Gasteiger partial charge on any atom is 0.292 e. The Morgan fingerprint density at radius 2 is 1.85 bits per heavy atom. The van der Waals surface area contributed by atoms with Gasteiger partial charge in [-0.25, -0.2) is 0 Å². The summed E-state index contributed by atoms with van der Waals surface area (Å²) >= 11 is 0. The fourth-order valence-corrected chi connectivity index (χ4v) is 3.12. The summed E-state index contributed by atoms with van der Waals surface area (Å²) in [7, 11) is 0. The highest BCUT2D eigenvalue weighted by Gasteiger charge is 2.21. The molecule has 1 saturated heterocycles. The summed E-state index contributed by atoms with van der Waals surface area (Å²) in [6.45, 7) is 4.19. The SMILES string of the molecule is O=C(CCNc1ccccc1[N+](=O)[O-])N1CCN(Cc2ccccn2)CC1. The predicted molar refractivity (Wildman–Crippen MR) is 102 cm³/mol. The van der Waals surface area contributed by atoms with Crippen LogP contribution in [0, 0.1) is 10.1 Å². The Morgan fingerprint density at radius 1 is 1.11 bits per heavy atom. The Kier molecular flexibility index (Phi) is 6.32. The summed E-state index contributed by atoms with van der Waals surface area (Å²) in [4.78, 5) is 31.5. The van der Waals surface area contributed by atoms with Crippen LogP contribution in [0.5, 0.6) is 0 Å². The second-order valence-electron chi connectivity index (χ2n) is 6.43. The number of nitro benzene ring substituents is 1. The molecule has 1 aliphatic heterocycles. The molecular weight excluding hydrogens is 346 g/mol. The minimum atomic E-state index is -0.426. The van der Waals surface area contributed by atoms with E-state index in [0.29, 0.717) is 31.7 Å². The largest absolute Gasteiger partial charge is 0.379 e. The molecule has 1 N–H and O–H groups in total. The molecular formula is C19H23N5O3. The number of carbonyl (C=O) groups is 1. The van der Waals surface area contributed by atoms with Gasteiger partial charge in [-0.05, 0) is 18.2 Å². The molecule has 0 unspecified atom stereocenters. The number of pyridine rings is 1. The van der Waals surface area contributed by atoms with Gasteiger partial charge in [0.15, 0.2) is 0 Å². The maximum atomic E-state index is 12.4. The summed E-state index contributed by atoms with van der Waals surface area (Å²) < 4.78 is 0. The van der Waals surface area contributed by atoms with Crippen molar-refractivity contribution < 1.29 is 9.72 Å². The van der Waals surface area contributed by atoms with Crippen molar-refractivity contribution in [2.45, 2.75) is 13.0 Å². The standard InChI is InChI=1S/C19H23N5O3/c25-19(8-10-21-17-6-1-2-7-18(17)24(26)27)23-13-11-22(12-14-23)15-16-5-3-4-9-20-16/h1-7,9,21H,8,10-15H2. The lowest BCUT2D eigenvalue weighted by molar-refractivity contribution is -0.384. The fraction of sp³-hybridized carbons (Fsp3) is 0.368. The summed E-state index contributed by atoms with van der Waals surface area (Å²) in [6, 6.07) is 12.3. The predicted octanol–water partition coefficient (Wildman–Crippen LogP) is 2.14. The number of nitrogens with one attached hydrogen (secondary N) is 1. The van der Waals surface area contributed by atoms with Crippen LogP contribution in [0.25, 0.3) is 0 Å². The average molecular weight is 369 g/mol. The van der Waals surface area contributed by atoms with Crippen LogP contribution in [0.2, 0.25) is 0 Å². The van der Waals surface area contributed by atoms with Gasteiger partial charge in [-0.1, -0.05) is 18.2 Å². The van der Waals surface area contributed by atoms with Crippen molar-refractivity contribution in [3.63, 3.8) is 0 Å². The Labute approximate surface area is 158 Å². The Bertz CT molecular complexity index is 776. The number of nitrogens with zero attached hydrogens (tertiary/aromatic N) is 4. The molecule has 0 atom stereocenters. The molecule has 27 heavy (non-hydrogen) atoms. The van der Waals surface area contributed by atoms with Gasteiger partial charge in [-0.3, -0.25) is 24.8 Å². The van der Waals surface area contributed by atoms with Crippen LogP contribution >= 0.6 is 0 Å². The molecule has 2 aromatic rings. The molecule has 0 aliphatic carbocycles. The first-order chi connectivity index (χ1) is 13.1. The molecule has 2 heterocycles. The van der Waals surface area contributed by atoms with E-state index < -0.39 is 4.92 Å². The first kappa shape index (κ1) is 18.8. The van der Waals surface area contributed by atoms with Gasteiger partial charge in [-0.15, -0.1) is 0 Å². The van der Waals surface area contributed by atoms with Crippen LogP contribution in [-0.2, 0) is 11.3 Å². The topological polar surface area (TPSA) is 91.6 Å². The highest BCUT2D eigenvalue weighted by Crippen LogP contribution is 2.23. The molecule has 1 aromatic heterocycles. The Morgan fingerprint density at radius 3 is 2.56 bits per heavy atom. The number of hydrogen-bond acceptors (Lipinski definition) is 6. The van der Waals surface area contributed by atoms with E-state index in [1.807, 2.05) is 23.1 Å². The van der Waals surface area contributed by atoms with Gasteiger partial charge in [0.25, 0.3) is 5.69 Å². The van der Waals surface area contributed by atoms with Gasteiger partial charge in [0.05, 0.1) is 10.6 Å². The average Bonchev–Trinajstić information content (AvgIpc) is 2.69. The third kappa shape index (κ3) is 5.24. The molecule has 0 radical (unpaired) electrons. The van der Waals surface area contributed by atoms with Gasteiger partial charge in [0.2, 0.25) is 5.91 Å². The molecule has 1 aromatic carbocycles. The van der Waals surface area contributed by atoms with E-state index in [9.17, 15) is 14.9 Å². The van der Waals surface area contributed by atoms with Crippen molar-refractivity contribution in [2.75, 3.05) is 38.0 Å². The zero-order valence-electron chi connectivity index (χ0n) is 15.1. The van der Waals surface area contributed by atoms with Crippen molar-refractivity contribution >= 4 is 17.3 Å². The molecule has 8 heteroatoms. The van der Waals surface area contributed by atoms with Crippen LogP contribution in [0.15, 0.2) is 48.7 Å². The number of piperazine rings is 1. The number of hydrogen-bond donors (Lipinski definition) is 1. The third-order valence-corrected chi connectivity index (χ3v) is 4.59. The summed E-state index contributed by atoms with van der Waals surface area (Å²) in [6.07, 6.45) is 2.10. The van der Waals surface area contributed by atoms with E-state index in [4.69, 9.17) is 0 Å². The molecule has 1 aliphatic rings. The molecule has 0 bridgehead atoms. The number of nitro groups is 1. The minimum Gasteiger partial charge on any atom is -0.379 e. The third-order valence-electron chi connectivity index (χ3n) is 4.59. The van der Waals surface area contributed by atoms with Gasteiger partial charge in [0, 0.05) is 58.0 Å². The van der Waals surface area contributed by atoms with Gasteiger partial charge in [-0.2, -0.15) is 0 Å². The van der Waals surface area contributed by atoms with Crippen LogP contribution in [0.4, 0.5) is 11.4 Å². The molecule has 0 spiro atoms. The smallest absolute Gasteiger partial charge is 0.292 e. The van der Waals surface area contributed by atoms with E-state index >= 15 is 0 Å². The zero-order chi connectivity index (χ0) is 19.1. The monoisotopic (exact) mass is 369 g/mol. The van der Waals surface area contributed by atoms with Crippen LogP contribution < -0.4 is 5.32 Å². The first-order valence-corrected chi connectivity index (χ1v) is 9.01. The number of para-hydroxylation sites is 2. The number of rotatable bonds is 7. The van der Waals surface area contributed by atoms with E-state index in [0.717, 1.165) is 25.3 Å². The van der Waals surface area contributed by atoms with Gasteiger partial charge < -0.3 is 10.2 Å². The van der Waals surface area contributed by atoms with Crippen molar-refractivity contribution in [3.05, 3.63) is 64.5 Å². The van der Waals surface area contributed by atoms with Crippen LogP contribution in [0.1, 0.15) is 12.1 Å². The summed E-state index contributed by atoms with van der Waals surface area (Å²) in [5.41, 5.74) is 1.49. The van der Waals surface area contributed by atoms with Crippen LogP contribution in [0.3, 0.4) is 0 Å². The number of amides is 1. The number of aromatic nitrogens is 1. The van der Waals surface area contributed by atoms with Crippen LogP contribution in [-0.4, -0.2) is 58.3 Å². The number of anilines is 1. The van der Waals surface area contributed by atoms with E-state index in [1.54, 1.807) is 24.4 Å². The normalized spacial score (nSPS) is 14.7. The second-order valence-corrected chi connectivity index (χ2v) is 6.43. The Hall–Kier alpha value is -3.00. The van der Waals surface area contributed by atoms with Crippen molar-refractivity contribution in [1.29, 1.82) is 0 Å². The van der Waals surface area contributed by atoms with Crippen molar-refractivity contribution in [1.82, 2.24) is 14.8 Å². The first-order valence-electron chi connectivity index (χ1n) is 9.01. The lowest BCUT2D eigenvalue weighted by Gasteiger charge is -2.34. The van der Waals surface area contributed by atoms with Crippen molar-refractivity contribution in [3.8, 4) is 0 Å². The summed E-state index contributed by atoms with van der Waals surface area (Å²) in [5, 5.41) is 14.0. The van der Waals surface area contributed by atoms with E-state index in [-0.39, 0.29) is 11.6 Å². The van der Waals surface area contributed by atoms with E-state index in [1.165, 1.54) is 6.07 Å².